The lowest BCUT2D eigenvalue weighted by atomic mass is 10.1. The molecule has 5 nitrogen and oxygen atoms in total. The Kier molecular flexibility index (Phi) is 3.48. The zero-order valence-electron chi connectivity index (χ0n) is 12.0. The Labute approximate surface area is 123 Å². The zero-order valence-corrected chi connectivity index (χ0v) is 12.0. The topological polar surface area (TPSA) is 54.5 Å². The number of ether oxygens (including phenoxy) is 1. The number of nitrogens with zero attached hydrogens (tertiary/aromatic N) is 2. The van der Waals surface area contributed by atoms with Gasteiger partial charge in [0, 0.05) is 31.7 Å². The average molecular weight is 283 g/mol. The molecule has 1 aliphatic rings. The molecule has 0 saturated carbocycles. The second-order valence-corrected chi connectivity index (χ2v) is 5.14. The molecule has 1 aromatic carbocycles. The molecule has 1 unspecified atom stereocenters. The van der Waals surface area contributed by atoms with Crippen LogP contribution in [0.25, 0.3) is 0 Å². The van der Waals surface area contributed by atoms with Crippen molar-refractivity contribution in [3.05, 3.63) is 48.3 Å². The van der Waals surface area contributed by atoms with E-state index in [2.05, 4.69) is 15.2 Å². The minimum atomic E-state index is -0.442. The second-order valence-electron chi connectivity index (χ2n) is 5.14. The fourth-order valence-corrected chi connectivity index (χ4v) is 2.32. The van der Waals surface area contributed by atoms with E-state index in [4.69, 9.17) is 4.74 Å². The van der Waals surface area contributed by atoms with Gasteiger partial charge < -0.3 is 15.0 Å². The molecule has 0 saturated heterocycles. The SMILES string of the molecule is CC1Oc2ccc(CN(C)c3ccncc3)cc2NC1=O. The van der Waals surface area contributed by atoms with Crippen LogP contribution in [0.2, 0.25) is 0 Å². The van der Waals surface area contributed by atoms with Crippen LogP contribution in [0.4, 0.5) is 11.4 Å². The van der Waals surface area contributed by atoms with Crippen LogP contribution < -0.4 is 15.0 Å². The van der Waals surface area contributed by atoms with Crippen molar-refractivity contribution in [2.24, 2.45) is 0 Å². The Morgan fingerprint density at radius 1 is 1.29 bits per heavy atom. The van der Waals surface area contributed by atoms with Crippen LogP contribution in [-0.4, -0.2) is 24.0 Å². The summed E-state index contributed by atoms with van der Waals surface area (Å²) in [5, 5.41) is 2.87. The summed E-state index contributed by atoms with van der Waals surface area (Å²) in [4.78, 5) is 17.8. The number of rotatable bonds is 3. The highest BCUT2D eigenvalue weighted by atomic mass is 16.5. The van der Waals surface area contributed by atoms with Crippen LogP contribution in [-0.2, 0) is 11.3 Å². The van der Waals surface area contributed by atoms with E-state index in [1.165, 1.54) is 0 Å². The summed E-state index contributed by atoms with van der Waals surface area (Å²) in [6.07, 6.45) is 3.10. The molecule has 3 rings (SSSR count). The lowest BCUT2D eigenvalue weighted by Gasteiger charge is -2.25. The summed E-state index contributed by atoms with van der Waals surface area (Å²) in [6.45, 7) is 2.48. The highest BCUT2D eigenvalue weighted by Crippen LogP contribution is 2.31. The van der Waals surface area contributed by atoms with Crippen molar-refractivity contribution in [1.29, 1.82) is 0 Å². The smallest absolute Gasteiger partial charge is 0.265 e. The molecule has 21 heavy (non-hydrogen) atoms. The maximum Gasteiger partial charge on any atom is 0.265 e. The first-order valence-corrected chi connectivity index (χ1v) is 6.85. The van der Waals surface area contributed by atoms with E-state index in [0.29, 0.717) is 0 Å². The van der Waals surface area contributed by atoms with Gasteiger partial charge in [0.1, 0.15) is 5.75 Å². The van der Waals surface area contributed by atoms with Crippen molar-refractivity contribution in [3.63, 3.8) is 0 Å². The number of pyridine rings is 1. The van der Waals surface area contributed by atoms with Gasteiger partial charge >= 0.3 is 0 Å². The van der Waals surface area contributed by atoms with E-state index in [0.717, 1.165) is 29.2 Å². The van der Waals surface area contributed by atoms with E-state index < -0.39 is 6.10 Å². The molecule has 1 aliphatic heterocycles. The van der Waals surface area contributed by atoms with Gasteiger partial charge in [-0.1, -0.05) is 6.07 Å². The van der Waals surface area contributed by atoms with Gasteiger partial charge in [0.2, 0.25) is 0 Å². The highest BCUT2D eigenvalue weighted by Gasteiger charge is 2.23. The van der Waals surface area contributed by atoms with Crippen LogP contribution in [0, 0.1) is 0 Å². The molecule has 1 aromatic heterocycles. The maximum absolute atomic E-state index is 11.7. The number of aromatic nitrogens is 1. The van der Waals surface area contributed by atoms with Crippen molar-refractivity contribution in [2.45, 2.75) is 19.6 Å². The fraction of sp³-hybridized carbons (Fsp3) is 0.250. The first kappa shape index (κ1) is 13.4. The number of carbonyl (C=O) groups excluding carboxylic acids is 1. The molecular formula is C16H17N3O2. The van der Waals surface area contributed by atoms with Gasteiger partial charge in [-0.3, -0.25) is 9.78 Å². The second kappa shape index (κ2) is 5.44. The molecule has 0 spiro atoms. The molecule has 1 N–H and O–H groups in total. The van der Waals surface area contributed by atoms with Crippen LogP contribution in [0.1, 0.15) is 12.5 Å². The van der Waals surface area contributed by atoms with Crippen molar-refractivity contribution < 1.29 is 9.53 Å². The first-order valence-electron chi connectivity index (χ1n) is 6.85. The van der Waals surface area contributed by atoms with Gasteiger partial charge in [0.25, 0.3) is 5.91 Å². The molecule has 1 amide bonds. The molecule has 0 radical (unpaired) electrons. The highest BCUT2D eigenvalue weighted by molar-refractivity contribution is 5.97. The minimum Gasteiger partial charge on any atom is -0.479 e. The number of hydrogen-bond acceptors (Lipinski definition) is 4. The van der Waals surface area contributed by atoms with Crippen molar-refractivity contribution in [2.75, 3.05) is 17.3 Å². The first-order chi connectivity index (χ1) is 10.1. The number of nitrogens with one attached hydrogen (secondary N) is 1. The van der Waals surface area contributed by atoms with Crippen molar-refractivity contribution in [1.82, 2.24) is 4.98 Å². The normalized spacial score (nSPS) is 16.7. The molecule has 0 bridgehead atoms. The molecule has 2 heterocycles. The van der Waals surface area contributed by atoms with Crippen LogP contribution in [0.5, 0.6) is 5.75 Å². The standard InChI is InChI=1S/C16H17N3O2/c1-11-16(20)18-14-9-12(3-4-15(14)21-11)10-19(2)13-5-7-17-8-6-13/h3-9,11H,10H2,1-2H3,(H,18,20). The van der Waals surface area contributed by atoms with Crippen LogP contribution in [0.15, 0.2) is 42.7 Å². The predicted octanol–water partition coefficient (Wildman–Crippen LogP) is 2.44. The summed E-state index contributed by atoms with van der Waals surface area (Å²) in [5.41, 5.74) is 2.93. The van der Waals surface area contributed by atoms with E-state index in [-0.39, 0.29) is 5.91 Å². The molecule has 1 atom stereocenters. The largest absolute Gasteiger partial charge is 0.479 e. The van der Waals surface area contributed by atoms with Gasteiger partial charge in [0.05, 0.1) is 5.69 Å². The van der Waals surface area contributed by atoms with Gasteiger partial charge in [-0.25, -0.2) is 0 Å². The number of amides is 1. The number of carbonyl (C=O) groups is 1. The Morgan fingerprint density at radius 3 is 2.81 bits per heavy atom. The summed E-state index contributed by atoms with van der Waals surface area (Å²) in [7, 11) is 2.02. The fourth-order valence-electron chi connectivity index (χ4n) is 2.32. The average Bonchev–Trinajstić information content (AvgIpc) is 2.49. The quantitative estimate of drug-likeness (QED) is 0.940. The van der Waals surface area contributed by atoms with E-state index in [9.17, 15) is 4.79 Å². The van der Waals surface area contributed by atoms with Gasteiger partial charge in [-0.05, 0) is 36.8 Å². The summed E-state index contributed by atoms with van der Waals surface area (Å²) >= 11 is 0. The zero-order chi connectivity index (χ0) is 14.8. The Morgan fingerprint density at radius 2 is 2.05 bits per heavy atom. The molecular weight excluding hydrogens is 266 g/mol. The third-order valence-electron chi connectivity index (χ3n) is 3.50. The minimum absolute atomic E-state index is 0.109. The third kappa shape index (κ3) is 2.81. The summed E-state index contributed by atoms with van der Waals surface area (Å²) < 4.78 is 5.55. The number of fused-ring (bicyclic) bond motifs is 1. The van der Waals surface area contributed by atoms with Crippen molar-refractivity contribution in [3.8, 4) is 5.75 Å². The molecule has 108 valence electrons. The Balaban J connectivity index is 1.78. The van der Waals surface area contributed by atoms with E-state index >= 15 is 0 Å². The maximum atomic E-state index is 11.7. The number of hydrogen-bond donors (Lipinski definition) is 1. The molecule has 5 heteroatoms. The predicted molar refractivity (Wildman–Crippen MR) is 81.5 cm³/mol. The summed E-state index contributed by atoms with van der Waals surface area (Å²) in [6, 6.07) is 9.80. The van der Waals surface area contributed by atoms with E-state index in [1.807, 2.05) is 37.4 Å². The van der Waals surface area contributed by atoms with Gasteiger partial charge in [0.15, 0.2) is 6.10 Å². The molecule has 2 aromatic rings. The van der Waals surface area contributed by atoms with Gasteiger partial charge in [-0.15, -0.1) is 0 Å². The van der Waals surface area contributed by atoms with Crippen LogP contribution in [0.3, 0.4) is 0 Å². The van der Waals surface area contributed by atoms with Crippen molar-refractivity contribution >= 4 is 17.3 Å². The molecule has 0 fully saturated rings. The Bertz CT molecular complexity index is 658. The number of benzene rings is 1. The lowest BCUT2D eigenvalue weighted by Crippen LogP contribution is -2.34. The lowest BCUT2D eigenvalue weighted by molar-refractivity contribution is -0.122. The Hall–Kier alpha value is -2.56. The monoisotopic (exact) mass is 283 g/mol. The van der Waals surface area contributed by atoms with Crippen LogP contribution >= 0.6 is 0 Å². The van der Waals surface area contributed by atoms with E-state index in [1.54, 1.807) is 19.3 Å². The third-order valence-corrected chi connectivity index (χ3v) is 3.50. The molecule has 0 aliphatic carbocycles. The van der Waals surface area contributed by atoms with Gasteiger partial charge in [-0.2, -0.15) is 0 Å². The number of anilines is 2. The summed E-state index contributed by atoms with van der Waals surface area (Å²) in [5.74, 6) is 0.611.